The molecule has 1 aromatic rings. The van der Waals surface area contributed by atoms with Crippen LogP contribution in [0.4, 0.5) is 5.95 Å². The van der Waals surface area contributed by atoms with Crippen molar-refractivity contribution in [2.45, 2.75) is 31.8 Å². The maximum atomic E-state index is 12.8. The Morgan fingerprint density at radius 2 is 2.04 bits per heavy atom. The van der Waals surface area contributed by atoms with Gasteiger partial charge in [0.1, 0.15) is 6.10 Å². The third-order valence-corrected chi connectivity index (χ3v) is 5.45. The van der Waals surface area contributed by atoms with Crippen molar-refractivity contribution in [3.63, 3.8) is 0 Å². The quantitative estimate of drug-likeness (QED) is 0.799. The van der Waals surface area contributed by atoms with E-state index in [2.05, 4.69) is 14.9 Å². The van der Waals surface area contributed by atoms with E-state index < -0.39 is 0 Å². The van der Waals surface area contributed by atoms with Crippen molar-refractivity contribution in [2.24, 2.45) is 5.41 Å². The van der Waals surface area contributed by atoms with Crippen LogP contribution in [0, 0.1) is 5.41 Å². The minimum Gasteiger partial charge on any atom is -0.379 e. The zero-order chi connectivity index (χ0) is 17.1. The van der Waals surface area contributed by atoms with E-state index in [1.807, 2.05) is 11.0 Å². The Morgan fingerprint density at radius 3 is 2.84 bits per heavy atom. The fourth-order valence-corrected chi connectivity index (χ4v) is 4.24. The van der Waals surface area contributed by atoms with E-state index in [1.54, 1.807) is 12.4 Å². The second-order valence-corrected chi connectivity index (χ2v) is 7.39. The maximum Gasteiger partial charge on any atom is 0.251 e. The summed E-state index contributed by atoms with van der Waals surface area (Å²) in [5, 5.41) is 0. The molecule has 4 heterocycles. The summed E-state index contributed by atoms with van der Waals surface area (Å²) in [7, 11) is 0. The van der Waals surface area contributed by atoms with Gasteiger partial charge in [0.15, 0.2) is 0 Å². The number of carbonyl (C=O) groups is 1. The summed E-state index contributed by atoms with van der Waals surface area (Å²) in [6, 6.07) is 1.83. The molecule has 136 valence electrons. The van der Waals surface area contributed by atoms with Gasteiger partial charge < -0.3 is 19.3 Å². The molecule has 0 aromatic carbocycles. The smallest absolute Gasteiger partial charge is 0.251 e. The van der Waals surface area contributed by atoms with Crippen molar-refractivity contribution in [3.05, 3.63) is 18.5 Å². The van der Waals surface area contributed by atoms with Crippen LogP contribution in [0.25, 0.3) is 0 Å². The van der Waals surface area contributed by atoms with Crippen molar-refractivity contribution in [1.29, 1.82) is 0 Å². The van der Waals surface area contributed by atoms with Gasteiger partial charge in [-0.15, -0.1) is 0 Å². The van der Waals surface area contributed by atoms with E-state index in [-0.39, 0.29) is 17.4 Å². The molecule has 1 aromatic heterocycles. The molecular formula is C18H26N4O3. The first kappa shape index (κ1) is 16.7. The molecular weight excluding hydrogens is 320 g/mol. The molecule has 3 fully saturated rings. The summed E-state index contributed by atoms with van der Waals surface area (Å²) in [5.41, 5.74) is -0.0534. The maximum absolute atomic E-state index is 12.8. The number of amides is 1. The van der Waals surface area contributed by atoms with Gasteiger partial charge in [0.2, 0.25) is 5.95 Å². The Labute approximate surface area is 148 Å². The number of aromatic nitrogens is 2. The molecule has 25 heavy (non-hydrogen) atoms. The van der Waals surface area contributed by atoms with Crippen LogP contribution in [0.2, 0.25) is 0 Å². The number of hydrogen-bond donors (Lipinski definition) is 0. The summed E-state index contributed by atoms with van der Waals surface area (Å²) in [6.07, 6.45) is 7.21. The van der Waals surface area contributed by atoms with Gasteiger partial charge in [-0.2, -0.15) is 0 Å². The molecule has 4 rings (SSSR count). The SMILES string of the molecule is O=C([C@@H]1CCCO1)N1CCC[C@]2(COCCN(c3ncccn3)C2)C1. The predicted octanol–water partition coefficient (Wildman–Crippen LogP) is 1.10. The second-order valence-electron chi connectivity index (χ2n) is 7.39. The average molecular weight is 346 g/mol. The van der Waals surface area contributed by atoms with Crippen LogP contribution in [-0.4, -0.2) is 72.9 Å². The zero-order valence-corrected chi connectivity index (χ0v) is 14.6. The highest BCUT2D eigenvalue weighted by Gasteiger charge is 2.42. The molecule has 0 radical (unpaired) electrons. The Balaban J connectivity index is 1.49. The van der Waals surface area contributed by atoms with Gasteiger partial charge in [0.25, 0.3) is 5.91 Å². The minimum atomic E-state index is -0.240. The fourth-order valence-electron chi connectivity index (χ4n) is 4.24. The van der Waals surface area contributed by atoms with Crippen molar-refractivity contribution >= 4 is 11.9 Å². The number of hydrogen-bond acceptors (Lipinski definition) is 6. The number of piperidine rings is 1. The van der Waals surface area contributed by atoms with Crippen LogP contribution in [0.3, 0.4) is 0 Å². The molecule has 7 heteroatoms. The predicted molar refractivity (Wildman–Crippen MR) is 92.3 cm³/mol. The lowest BCUT2D eigenvalue weighted by atomic mass is 9.80. The van der Waals surface area contributed by atoms with Crippen molar-refractivity contribution < 1.29 is 14.3 Å². The lowest BCUT2D eigenvalue weighted by Gasteiger charge is -2.44. The summed E-state index contributed by atoms with van der Waals surface area (Å²) < 4.78 is 11.5. The van der Waals surface area contributed by atoms with E-state index >= 15 is 0 Å². The van der Waals surface area contributed by atoms with Crippen molar-refractivity contribution in [3.8, 4) is 0 Å². The molecule has 2 atom stereocenters. The lowest BCUT2D eigenvalue weighted by Crippen LogP contribution is -2.54. The Hall–Kier alpha value is -1.73. The van der Waals surface area contributed by atoms with Gasteiger partial charge in [-0.05, 0) is 31.7 Å². The van der Waals surface area contributed by atoms with E-state index in [4.69, 9.17) is 9.47 Å². The molecule has 0 N–H and O–H groups in total. The number of carbonyl (C=O) groups excluding carboxylic acids is 1. The van der Waals surface area contributed by atoms with Crippen LogP contribution in [0.1, 0.15) is 25.7 Å². The zero-order valence-electron chi connectivity index (χ0n) is 14.6. The van der Waals surface area contributed by atoms with Crippen LogP contribution in [0.15, 0.2) is 18.5 Å². The lowest BCUT2D eigenvalue weighted by molar-refractivity contribution is -0.145. The van der Waals surface area contributed by atoms with Crippen LogP contribution >= 0.6 is 0 Å². The molecule has 3 aliphatic heterocycles. The van der Waals surface area contributed by atoms with Gasteiger partial charge in [0, 0.05) is 50.6 Å². The standard InChI is InChI=1S/C18H26N4O3/c23-16(15-4-1-10-25-15)21-8-2-5-18(12-21)13-22(9-11-24-14-18)17-19-6-3-7-20-17/h3,6-7,15H,1-2,4-5,8-14H2/t15-,18-/m0/s1. The molecule has 0 unspecified atom stereocenters. The molecule has 0 bridgehead atoms. The highest BCUT2D eigenvalue weighted by molar-refractivity contribution is 5.81. The molecule has 0 saturated carbocycles. The van der Waals surface area contributed by atoms with Crippen LogP contribution in [-0.2, 0) is 14.3 Å². The van der Waals surface area contributed by atoms with Crippen LogP contribution in [0.5, 0.6) is 0 Å². The number of anilines is 1. The van der Waals surface area contributed by atoms with Crippen molar-refractivity contribution in [1.82, 2.24) is 14.9 Å². The second kappa shape index (κ2) is 7.25. The van der Waals surface area contributed by atoms with E-state index in [0.717, 1.165) is 57.8 Å². The summed E-state index contributed by atoms with van der Waals surface area (Å²) in [4.78, 5) is 25.8. The van der Waals surface area contributed by atoms with E-state index in [0.29, 0.717) is 19.8 Å². The Morgan fingerprint density at radius 1 is 1.16 bits per heavy atom. The Kier molecular flexibility index (Phi) is 4.85. The Bertz CT molecular complexity index is 593. The average Bonchev–Trinajstić information content (AvgIpc) is 3.12. The number of ether oxygens (including phenoxy) is 2. The molecule has 3 aliphatic rings. The fraction of sp³-hybridized carbons (Fsp3) is 0.722. The number of nitrogens with zero attached hydrogens (tertiary/aromatic N) is 4. The minimum absolute atomic E-state index is 0.0534. The first-order valence-electron chi connectivity index (χ1n) is 9.26. The van der Waals surface area contributed by atoms with Crippen LogP contribution < -0.4 is 4.90 Å². The number of likely N-dealkylation sites (tertiary alicyclic amines) is 1. The molecule has 1 spiro atoms. The summed E-state index contributed by atoms with van der Waals surface area (Å²) >= 11 is 0. The van der Waals surface area contributed by atoms with Gasteiger partial charge in [0.05, 0.1) is 13.2 Å². The first-order valence-corrected chi connectivity index (χ1v) is 9.26. The highest BCUT2D eigenvalue weighted by atomic mass is 16.5. The summed E-state index contributed by atoms with van der Waals surface area (Å²) in [6.45, 7) is 5.22. The topological polar surface area (TPSA) is 67.8 Å². The third-order valence-electron chi connectivity index (χ3n) is 5.45. The largest absolute Gasteiger partial charge is 0.379 e. The van der Waals surface area contributed by atoms with Gasteiger partial charge >= 0.3 is 0 Å². The molecule has 7 nitrogen and oxygen atoms in total. The van der Waals surface area contributed by atoms with Gasteiger partial charge in [-0.1, -0.05) is 0 Å². The van der Waals surface area contributed by atoms with Gasteiger partial charge in [-0.3, -0.25) is 4.79 Å². The molecule has 3 saturated heterocycles. The van der Waals surface area contributed by atoms with Gasteiger partial charge in [-0.25, -0.2) is 9.97 Å². The normalized spacial score (nSPS) is 30.5. The monoisotopic (exact) mass is 346 g/mol. The van der Waals surface area contributed by atoms with Crippen molar-refractivity contribution in [2.75, 3.05) is 50.9 Å². The first-order chi connectivity index (χ1) is 12.3. The third kappa shape index (κ3) is 3.62. The number of rotatable bonds is 2. The summed E-state index contributed by atoms with van der Waals surface area (Å²) in [5.74, 6) is 0.901. The van der Waals surface area contributed by atoms with E-state index in [1.165, 1.54) is 0 Å². The molecule has 0 aliphatic carbocycles. The van der Waals surface area contributed by atoms with E-state index in [9.17, 15) is 4.79 Å². The highest BCUT2D eigenvalue weighted by Crippen LogP contribution is 2.34. The molecule has 1 amide bonds.